The van der Waals surface area contributed by atoms with E-state index in [1.54, 1.807) is 7.05 Å². The summed E-state index contributed by atoms with van der Waals surface area (Å²) in [7, 11) is 1.66. The minimum atomic E-state index is 0.0786. The predicted octanol–water partition coefficient (Wildman–Crippen LogP) is 1.84. The fourth-order valence-corrected chi connectivity index (χ4v) is 2.03. The fraction of sp³-hybridized carbons (Fsp3) is 0.500. The highest BCUT2D eigenvalue weighted by Gasteiger charge is 2.03. The number of nitrogens with one attached hydrogen (secondary N) is 2. The maximum Gasteiger partial charge on any atom is 0.221 e. The van der Waals surface area contributed by atoms with Gasteiger partial charge in [-0.05, 0) is 37.5 Å². The van der Waals surface area contributed by atoms with Crippen molar-refractivity contribution in [1.29, 1.82) is 0 Å². The van der Waals surface area contributed by atoms with Gasteiger partial charge in [-0.2, -0.15) is 0 Å². The second-order valence-electron chi connectivity index (χ2n) is 4.48. The summed E-state index contributed by atoms with van der Waals surface area (Å²) in [6, 6.07) is 4.39. The summed E-state index contributed by atoms with van der Waals surface area (Å²) < 4.78 is 0. The van der Waals surface area contributed by atoms with Gasteiger partial charge in [-0.25, -0.2) is 0 Å². The zero-order valence-corrected chi connectivity index (χ0v) is 11.2. The van der Waals surface area contributed by atoms with Crippen LogP contribution in [0.5, 0.6) is 0 Å². The zero-order valence-electron chi connectivity index (χ0n) is 11.2. The van der Waals surface area contributed by atoms with Crippen LogP contribution in [0.25, 0.3) is 0 Å². The number of benzene rings is 1. The van der Waals surface area contributed by atoms with Crippen LogP contribution >= 0.6 is 0 Å². The first-order valence-electron chi connectivity index (χ1n) is 6.02. The minimum Gasteiger partial charge on any atom is -0.359 e. The molecule has 0 aliphatic heterocycles. The van der Waals surface area contributed by atoms with E-state index in [0.717, 1.165) is 6.54 Å². The molecule has 3 nitrogen and oxygen atoms in total. The molecule has 2 N–H and O–H groups in total. The Morgan fingerprint density at radius 1 is 1.18 bits per heavy atom. The molecule has 0 saturated carbocycles. The van der Waals surface area contributed by atoms with Crippen molar-refractivity contribution in [3.05, 3.63) is 34.4 Å². The summed E-state index contributed by atoms with van der Waals surface area (Å²) in [6.07, 6.45) is 0.528. The number of hydrogen-bond acceptors (Lipinski definition) is 2. The highest BCUT2D eigenvalue weighted by atomic mass is 16.1. The maximum atomic E-state index is 11.1. The van der Waals surface area contributed by atoms with Crippen molar-refractivity contribution in [3.63, 3.8) is 0 Å². The zero-order chi connectivity index (χ0) is 12.8. The van der Waals surface area contributed by atoms with Crippen molar-refractivity contribution >= 4 is 5.91 Å². The maximum absolute atomic E-state index is 11.1. The van der Waals surface area contributed by atoms with Gasteiger partial charge in [-0.1, -0.05) is 17.7 Å². The molecule has 0 saturated heterocycles. The normalized spacial score (nSPS) is 10.4. The highest BCUT2D eigenvalue weighted by Crippen LogP contribution is 2.15. The molecule has 1 aromatic carbocycles. The molecule has 0 radical (unpaired) electrons. The lowest BCUT2D eigenvalue weighted by Crippen LogP contribution is -2.24. The minimum absolute atomic E-state index is 0.0786. The van der Waals surface area contributed by atoms with E-state index in [4.69, 9.17) is 0 Å². The Morgan fingerprint density at radius 2 is 1.76 bits per heavy atom. The smallest absolute Gasteiger partial charge is 0.221 e. The molecule has 3 heteroatoms. The standard InChI is InChI=1S/C14H22N2O/c1-10-7-11(2)13(12(3)8-10)9-16-6-5-14(17)15-4/h7-8,16H,5-6,9H2,1-4H3,(H,15,17). The molecule has 0 atom stereocenters. The Balaban J connectivity index is 2.50. The van der Waals surface area contributed by atoms with Crippen LogP contribution in [0.1, 0.15) is 28.7 Å². The lowest BCUT2D eigenvalue weighted by molar-refractivity contribution is -0.120. The van der Waals surface area contributed by atoms with Gasteiger partial charge < -0.3 is 10.6 Å². The van der Waals surface area contributed by atoms with Crippen LogP contribution in [0.3, 0.4) is 0 Å². The molecule has 0 aliphatic rings. The van der Waals surface area contributed by atoms with Crippen molar-refractivity contribution in [2.45, 2.75) is 33.7 Å². The predicted molar refractivity (Wildman–Crippen MR) is 71.0 cm³/mol. The molecular formula is C14H22N2O. The monoisotopic (exact) mass is 234 g/mol. The van der Waals surface area contributed by atoms with Crippen LogP contribution in [-0.2, 0) is 11.3 Å². The van der Waals surface area contributed by atoms with Gasteiger partial charge in [0.25, 0.3) is 0 Å². The van der Waals surface area contributed by atoms with E-state index in [9.17, 15) is 4.79 Å². The molecule has 0 aliphatic carbocycles. The third-order valence-corrected chi connectivity index (χ3v) is 2.95. The third kappa shape index (κ3) is 4.19. The van der Waals surface area contributed by atoms with Gasteiger partial charge in [0, 0.05) is 26.6 Å². The Kier molecular flexibility index (Phi) is 5.16. The van der Waals surface area contributed by atoms with Crippen LogP contribution in [0.15, 0.2) is 12.1 Å². The number of aryl methyl sites for hydroxylation is 3. The molecule has 0 bridgehead atoms. The van der Waals surface area contributed by atoms with E-state index in [1.807, 2.05) is 0 Å². The van der Waals surface area contributed by atoms with Crippen LogP contribution < -0.4 is 10.6 Å². The van der Waals surface area contributed by atoms with E-state index < -0.39 is 0 Å². The lowest BCUT2D eigenvalue weighted by Gasteiger charge is -2.12. The van der Waals surface area contributed by atoms with Gasteiger partial charge in [0.15, 0.2) is 0 Å². The van der Waals surface area contributed by atoms with Gasteiger partial charge in [0.2, 0.25) is 5.91 Å². The highest BCUT2D eigenvalue weighted by molar-refractivity contribution is 5.75. The van der Waals surface area contributed by atoms with Crippen LogP contribution in [0.2, 0.25) is 0 Å². The molecular weight excluding hydrogens is 212 g/mol. The number of hydrogen-bond donors (Lipinski definition) is 2. The summed E-state index contributed by atoms with van der Waals surface area (Å²) in [5, 5.41) is 5.92. The summed E-state index contributed by atoms with van der Waals surface area (Å²) in [6.45, 7) is 7.93. The van der Waals surface area contributed by atoms with Gasteiger partial charge in [0.1, 0.15) is 0 Å². The largest absolute Gasteiger partial charge is 0.359 e. The summed E-state index contributed by atoms with van der Waals surface area (Å²) in [4.78, 5) is 11.1. The average Bonchev–Trinajstić information content (AvgIpc) is 2.26. The average molecular weight is 234 g/mol. The second kappa shape index (κ2) is 6.40. The van der Waals surface area contributed by atoms with Gasteiger partial charge in [-0.3, -0.25) is 4.79 Å². The summed E-state index contributed by atoms with van der Waals surface area (Å²) in [5.74, 6) is 0.0786. The number of amides is 1. The molecule has 17 heavy (non-hydrogen) atoms. The van der Waals surface area contributed by atoms with Crippen molar-refractivity contribution in [1.82, 2.24) is 10.6 Å². The van der Waals surface area contributed by atoms with Crippen LogP contribution in [-0.4, -0.2) is 19.5 Å². The van der Waals surface area contributed by atoms with Gasteiger partial charge in [-0.15, -0.1) is 0 Å². The van der Waals surface area contributed by atoms with Crippen molar-refractivity contribution in [2.75, 3.05) is 13.6 Å². The Hall–Kier alpha value is -1.35. The van der Waals surface area contributed by atoms with E-state index >= 15 is 0 Å². The van der Waals surface area contributed by atoms with Crippen LogP contribution in [0.4, 0.5) is 0 Å². The Bertz CT molecular complexity index is 376. The molecule has 1 rings (SSSR count). The Morgan fingerprint density at radius 3 is 2.29 bits per heavy atom. The van der Waals surface area contributed by atoms with Crippen molar-refractivity contribution < 1.29 is 4.79 Å². The number of carbonyl (C=O) groups is 1. The fourth-order valence-electron chi connectivity index (χ4n) is 2.03. The van der Waals surface area contributed by atoms with E-state index in [-0.39, 0.29) is 5.91 Å². The van der Waals surface area contributed by atoms with Gasteiger partial charge in [0.05, 0.1) is 0 Å². The molecule has 0 fully saturated rings. The third-order valence-electron chi connectivity index (χ3n) is 2.95. The first-order chi connectivity index (χ1) is 8.04. The molecule has 94 valence electrons. The lowest BCUT2D eigenvalue weighted by atomic mass is 10.00. The Labute approximate surface area is 104 Å². The molecule has 0 unspecified atom stereocenters. The van der Waals surface area contributed by atoms with E-state index in [0.29, 0.717) is 13.0 Å². The van der Waals surface area contributed by atoms with Crippen LogP contribution in [0, 0.1) is 20.8 Å². The second-order valence-corrected chi connectivity index (χ2v) is 4.48. The number of carbonyl (C=O) groups excluding carboxylic acids is 1. The quantitative estimate of drug-likeness (QED) is 0.763. The summed E-state index contributed by atoms with van der Waals surface area (Å²) in [5.41, 5.74) is 5.27. The van der Waals surface area contributed by atoms with E-state index in [1.165, 1.54) is 22.3 Å². The number of rotatable bonds is 5. The molecule has 0 aromatic heterocycles. The first-order valence-corrected chi connectivity index (χ1v) is 6.02. The molecule has 1 amide bonds. The summed E-state index contributed by atoms with van der Waals surface area (Å²) >= 11 is 0. The van der Waals surface area contributed by atoms with E-state index in [2.05, 4.69) is 43.5 Å². The SMILES string of the molecule is CNC(=O)CCNCc1c(C)cc(C)cc1C. The molecule has 0 heterocycles. The molecule has 1 aromatic rings. The topological polar surface area (TPSA) is 41.1 Å². The van der Waals surface area contributed by atoms with Gasteiger partial charge >= 0.3 is 0 Å². The van der Waals surface area contributed by atoms with Crippen molar-refractivity contribution in [3.8, 4) is 0 Å². The van der Waals surface area contributed by atoms with Crippen molar-refractivity contribution in [2.24, 2.45) is 0 Å². The first kappa shape index (κ1) is 13.7. The molecule has 0 spiro atoms.